The molecule has 1 saturated heterocycles. The van der Waals surface area contributed by atoms with Gasteiger partial charge in [-0.15, -0.1) is 0 Å². The minimum Gasteiger partial charge on any atom is -0.310 e. The normalized spacial score (nSPS) is 18.3. The summed E-state index contributed by atoms with van der Waals surface area (Å²) in [6, 6.07) is 1.93. The summed E-state index contributed by atoms with van der Waals surface area (Å²) in [5.41, 5.74) is 1.79. The maximum Gasteiger partial charge on any atom is 0.231 e. The van der Waals surface area contributed by atoms with Crippen LogP contribution in [0.2, 0.25) is 0 Å². The molecule has 1 aromatic heterocycles. The Morgan fingerprint density at radius 1 is 1.33 bits per heavy atom. The third-order valence-corrected chi connectivity index (χ3v) is 6.85. The topological polar surface area (TPSA) is 76.1 Å². The molecule has 1 amide bonds. The molecule has 5 nitrogen and oxygen atoms in total. The van der Waals surface area contributed by atoms with E-state index in [9.17, 15) is 13.2 Å². The third-order valence-electron chi connectivity index (χ3n) is 5.14. The van der Waals surface area contributed by atoms with Crippen molar-refractivity contribution in [2.24, 2.45) is 11.3 Å². The second-order valence-electron chi connectivity index (χ2n) is 7.49. The molecular weight excluding hydrogens is 324 g/mol. The van der Waals surface area contributed by atoms with Crippen LogP contribution in [0.5, 0.6) is 0 Å². The van der Waals surface area contributed by atoms with Crippen molar-refractivity contribution in [2.75, 3.05) is 16.8 Å². The molecule has 1 aromatic rings. The Morgan fingerprint density at radius 3 is 2.54 bits per heavy atom. The number of aromatic nitrogens is 1. The van der Waals surface area contributed by atoms with Crippen LogP contribution in [0.15, 0.2) is 12.3 Å². The van der Waals surface area contributed by atoms with Crippen LogP contribution in [-0.2, 0) is 21.1 Å². The molecule has 2 heterocycles. The van der Waals surface area contributed by atoms with Crippen LogP contribution in [-0.4, -0.2) is 30.8 Å². The van der Waals surface area contributed by atoms with Crippen molar-refractivity contribution in [2.45, 2.75) is 53.4 Å². The zero-order chi connectivity index (χ0) is 18.0. The summed E-state index contributed by atoms with van der Waals surface area (Å²) in [5, 5.41) is 2.91. The fourth-order valence-electron chi connectivity index (χ4n) is 2.75. The lowest BCUT2D eigenvalue weighted by atomic mass is 9.89. The van der Waals surface area contributed by atoms with Crippen LogP contribution in [0, 0.1) is 18.3 Å². The Bertz CT molecular complexity index is 697. The average Bonchev–Trinajstić information content (AvgIpc) is 2.52. The van der Waals surface area contributed by atoms with Crippen LogP contribution in [0.1, 0.15) is 51.2 Å². The fraction of sp³-hybridized carbons (Fsp3) is 0.667. The number of amides is 1. The van der Waals surface area contributed by atoms with E-state index in [0.29, 0.717) is 24.6 Å². The van der Waals surface area contributed by atoms with Crippen LogP contribution in [0.25, 0.3) is 0 Å². The number of hydrogen-bond donors (Lipinski definition) is 1. The summed E-state index contributed by atoms with van der Waals surface area (Å²) in [6.45, 7) is 7.83. The highest BCUT2D eigenvalue weighted by Crippen LogP contribution is 2.26. The smallest absolute Gasteiger partial charge is 0.231 e. The molecule has 0 aliphatic carbocycles. The molecule has 1 fully saturated rings. The van der Waals surface area contributed by atoms with Crippen LogP contribution >= 0.6 is 0 Å². The summed E-state index contributed by atoms with van der Waals surface area (Å²) >= 11 is 0. The van der Waals surface area contributed by atoms with Gasteiger partial charge in [-0.2, -0.15) is 0 Å². The Balaban J connectivity index is 2.08. The zero-order valence-corrected chi connectivity index (χ0v) is 15.9. The van der Waals surface area contributed by atoms with Gasteiger partial charge >= 0.3 is 0 Å². The number of aryl methyl sites for hydroxylation is 1. The number of nitrogens with one attached hydrogen (secondary N) is 1. The molecule has 1 aliphatic rings. The predicted octanol–water partition coefficient (Wildman–Crippen LogP) is 3.13. The molecule has 0 aromatic carbocycles. The summed E-state index contributed by atoms with van der Waals surface area (Å²) in [7, 11) is -2.83. The Labute approximate surface area is 145 Å². The van der Waals surface area contributed by atoms with Gasteiger partial charge in [0.05, 0.1) is 11.5 Å². The van der Waals surface area contributed by atoms with E-state index < -0.39 is 15.3 Å². The fourth-order valence-corrected chi connectivity index (χ4v) is 4.34. The quantitative estimate of drug-likeness (QED) is 0.883. The molecule has 24 heavy (non-hydrogen) atoms. The number of sulfone groups is 1. The molecule has 1 aliphatic heterocycles. The summed E-state index contributed by atoms with van der Waals surface area (Å²) in [5.74, 6) is 1.50. The molecule has 0 radical (unpaired) electrons. The molecule has 0 atom stereocenters. The lowest BCUT2D eigenvalue weighted by molar-refractivity contribution is -0.124. The summed E-state index contributed by atoms with van der Waals surface area (Å²) in [4.78, 5) is 16.6. The van der Waals surface area contributed by atoms with Crippen molar-refractivity contribution in [3.63, 3.8) is 0 Å². The maximum absolute atomic E-state index is 12.3. The van der Waals surface area contributed by atoms with Gasteiger partial charge in [-0.05, 0) is 55.7 Å². The Hall–Kier alpha value is -1.43. The number of carbonyl (C=O) groups excluding carboxylic acids is 1. The SMILES string of the molecule is CCC(C)(C)C(=O)Nc1cc(CC2CCS(=O)(=O)CC2)c(C)cn1. The highest BCUT2D eigenvalue weighted by atomic mass is 32.2. The maximum atomic E-state index is 12.3. The molecule has 0 saturated carbocycles. The monoisotopic (exact) mass is 352 g/mol. The molecule has 0 spiro atoms. The average molecular weight is 353 g/mol. The number of carbonyl (C=O) groups is 1. The molecule has 0 bridgehead atoms. The number of nitrogens with zero attached hydrogens (tertiary/aromatic N) is 1. The summed E-state index contributed by atoms with van der Waals surface area (Å²) < 4.78 is 23.1. The van der Waals surface area contributed by atoms with Gasteiger partial charge in [-0.3, -0.25) is 4.79 Å². The molecule has 0 unspecified atom stereocenters. The molecule has 134 valence electrons. The van der Waals surface area contributed by atoms with Crippen molar-refractivity contribution >= 4 is 21.6 Å². The van der Waals surface area contributed by atoms with Crippen molar-refractivity contribution in [1.82, 2.24) is 4.98 Å². The third kappa shape index (κ3) is 4.79. The first-order valence-electron chi connectivity index (χ1n) is 8.60. The first-order chi connectivity index (χ1) is 11.1. The number of pyridine rings is 1. The second kappa shape index (κ2) is 7.21. The Morgan fingerprint density at radius 2 is 1.96 bits per heavy atom. The number of rotatable bonds is 5. The minimum atomic E-state index is -2.83. The van der Waals surface area contributed by atoms with Gasteiger partial charge < -0.3 is 5.32 Å². The van der Waals surface area contributed by atoms with E-state index >= 15 is 0 Å². The largest absolute Gasteiger partial charge is 0.310 e. The second-order valence-corrected chi connectivity index (χ2v) is 9.79. The van der Waals surface area contributed by atoms with Crippen molar-refractivity contribution < 1.29 is 13.2 Å². The van der Waals surface area contributed by atoms with Gasteiger partial charge in [-0.25, -0.2) is 13.4 Å². The van der Waals surface area contributed by atoms with E-state index in [1.54, 1.807) is 6.20 Å². The van der Waals surface area contributed by atoms with E-state index in [2.05, 4.69) is 10.3 Å². The molecule has 6 heteroatoms. The Kier molecular flexibility index (Phi) is 5.68. The van der Waals surface area contributed by atoms with Crippen molar-refractivity contribution in [3.05, 3.63) is 23.4 Å². The van der Waals surface area contributed by atoms with Crippen molar-refractivity contribution in [3.8, 4) is 0 Å². The minimum absolute atomic E-state index is 0.0314. The molecule has 2 rings (SSSR count). The molecular formula is C18H28N2O3S. The molecule has 1 N–H and O–H groups in total. The highest BCUT2D eigenvalue weighted by molar-refractivity contribution is 7.91. The van der Waals surface area contributed by atoms with Gasteiger partial charge in [-0.1, -0.05) is 20.8 Å². The van der Waals surface area contributed by atoms with Crippen LogP contribution < -0.4 is 5.32 Å². The number of hydrogen-bond acceptors (Lipinski definition) is 4. The number of anilines is 1. The highest BCUT2D eigenvalue weighted by Gasteiger charge is 2.26. The van der Waals surface area contributed by atoms with Crippen molar-refractivity contribution in [1.29, 1.82) is 0 Å². The zero-order valence-electron chi connectivity index (χ0n) is 15.1. The van der Waals surface area contributed by atoms with Gasteiger partial charge in [0.1, 0.15) is 15.7 Å². The first-order valence-corrected chi connectivity index (χ1v) is 10.4. The van der Waals surface area contributed by atoms with Gasteiger partial charge in [0.15, 0.2) is 0 Å². The van der Waals surface area contributed by atoms with E-state index in [4.69, 9.17) is 0 Å². The van der Waals surface area contributed by atoms with Gasteiger partial charge in [0.2, 0.25) is 5.91 Å². The van der Waals surface area contributed by atoms with Gasteiger partial charge in [0, 0.05) is 11.6 Å². The van der Waals surface area contributed by atoms with Crippen LogP contribution in [0.3, 0.4) is 0 Å². The van der Waals surface area contributed by atoms with E-state index in [0.717, 1.165) is 24.0 Å². The summed E-state index contributed by atoms with van der Waals surface area (Å²) in [6.07, 6.45) is 4.81. The van der Waals surface area contributed by atoms with E-state index in [-0.39, 0.29) is 17.4 Å². The van der Waals surface area contributed by atoms with E-state index in [1.165, 1.54) is 0 Å². The lowest BCUT2D eigenvalue weighted by Crippen LogP contribution is -2.30. The van der Waals surface area contributed by atoms with E-state index in [1.807, 2.05) is 33.8 Å². The van der Waals surface area contributed by atoms with Gasteiger partial charge in [0.25, 0.3) is 0 Å². The first kappa shape index (κ1) is 18.9. The lowest BCUT2D eigenvalue weighted by Gasteiger charge is -2.23. The van der Waals surface area contributed by atoms with Crippen LogP contribution in [0.4, 0.5) is 5.82 Å². The standard InChI is InChI=1S/C18H28N2O3S/c1-5-18(3,4)17(21)20-16-11-15(13(2)12-19-16)10-14-6-8-24(22,23)9-7-14/h11-12,14H,5-10H2,1-4H3,(H,19,20,21). The predicted molar refractivity (Wildman–Crippen MR) is 96.8 cm³/mol.